The highest BCUT2D eigenvalue weighted by Crippen LogP contribution is 2.59. The van der Waals surface area contributed by atoms with Gasteiger partial charge in [0.1, 0.15) is 11.4 Å². The Balaban J connectivity index is 1.97. The lowest BCUT2D eigenvalue weighted by Gasteiger charge is -2.19. The highest BCUT2D eigenvalue weighted by atomic mass is 16.6. The number of esters is 2. The maximum Gasteiger partial charge on any atom is 0.307 e. The highest BCUT2D eigenvalue weighted by Gasteiger charge is 2.61. The molecule has 0 heterocycles. The molecular weight excluding hydrogens is 316 g/mol. The molecule has 0 spiro atoms. The third kappa shape index (κ3) is 3.79. The summed E-state index contributed by atoms with van der Waals surface area (Å²) in [6, 6.07) is 19.2. The van der Waals surface area contributed by atoms with Crippen LogP contribution in [0.4, 0.5) is 0 Å². The highest BCUT2D eigenvalue weighted by molar-refractivity contribution is 5.71. The Morgan fingerprint density at radius 1 is 0.960 bits per heavy atom. The minimum absolute atomic E-state index is 0.192. The largest absolute Gasteiger partial charge is 0.454 e. The minimum atomic E-state index is -0.775. The summed E-state index contributed by atoms with van der Waals surface area (Å²) in [5.74, 6) is -0.418. The second kappa shape index (κ2) is 6.93. The Labute approximate surface area is 147 Å². The molecule has 1 aliphatic carbocycles. The number of carbonyl (C=O) groups is 2. The zero-order valence-corrected chi connectivity index (χ0v) is 14.3. The zero-order chi connectivity index (χ0) is 17.9. The van der Waals surface area contributed by atoms with Crippen molar-refractivity contribution in [1.29, 1.82) is 0 Å². The predicted octanol–water partition coefficient (Wildman–Crippen LogP) is 4.07. The molecule has 25 heavy (non-hydrogen) atoms. The van der Waals surface area contributed by atoms with Crippen LogP contribution in [0.5, 0.6) is 0 Å². The van der Waals surface area contributed by atoms with E-state index in [1.165, 1.54) is 13.8 Å². The molecule has 0 unspecified atom stereocenters. The third-order valence-electron chi connectivity index (χ3n) is 4.21. The Morgan fingerprint density at radius 2 is 1.56 bits per heavy atom. The molecule has 0 aliphatic heterocycles. The first-order valence-corrected chi connectivity index (χ1v) is 8.21. The normalized spacial score (nSPS) is 22.2. The summed E-state index contributed by atoms with van der Waals surface area (Å²) in [6.45, 7) is 2.77. The van der Waals surface area contributed by atoms with Crippen LogP contribution >= 0.6 is 0 Å². The fraction of sp³-hybridized carbons (Fsp3) is 0.238. The quantitative estimate of drug-likeness (QED) is 0.610. The molecule has 0 amide bonds. The number of rotatable bonds is 5. The molecular formula is C21H20O4. The lowest BCUT2D eigenvalue weighted by molar-refractivity contribution is -0.150. The lowest BCUT2D eigenvalue weighted by Crippen LogP contribution is -2.20. The predicted molar refractivity (Wildman–Crippen MR) is 94.2 cm³/mol. The Hall–Kier alpha value is -2.88. The SMILES string of the molecule is CC(=O)O/C(=C\c1ccccc1)[C@H]1C[C@@]1(OC(C)=O)c1ccccc1. The molecule has 4 heteroatoms. The van der Waals surface area contributed by atoms with Crippen molar-refractivity contribution in [3.05, 3.63) is 77.5 Å². The minimum Gasteiger partial charge on any atom is -0.454 e. The van der Waals surface area contributed by atoms with E-state index in [0.29, 0.717) is 12.2 Å². The maximum atomic E-state index is 11.7. The van der Waals surface area contributed by atoms with Gasteiger partial charge in [-0.25, -0.2) is 0 Å². The standard InChI is InChI=1S/C21H20O4/c1-15(22)24-20(13-17-9-5-3-6-10-17)19-14-21(19,25-16(2)23)18-11-7-4-8-12-18/h3-13,19H,14H2,1-2H3/b20-13-/t19-,21-/m1/s1. The van der Waals surface area contributed by atoms with Gasteiger partial charge < -0.3 is 9.47 Å². The van der Waals surface area contributed by atoms with Gasteiger partial charge in [-0.2, -0.15) is 0 Å². The van der Waals surface area contributed by atoms with Crippen molar-refractivity contribution in [2.45, 2.75) is 25.9 Å². The van der Waals surface area contributed by atoms with Crippen molar-refractivity contribution in [2.24, 2.45) is 5.92 Å². The van der Waals surface area contributed by atoms with E-state index in [-0.39, 0.29) is 17.9 Å². The van der Waals surface area contributed by atoms with E-state index in [4.69, 9.17) is 9.47 Å². The topological polar surface area (TPSA) is 52.6 Å². The fourth-order valence-electron chi connectivity index (χ4n) is 3.12. The van der Waals surface area contributed by atoms with E-state index < -0.39 is 5.60 Å². The molecule has 3 rings (SSSR count). The smallest absolute Gasteiger partial charge is 0.307 e. The number of ether oxygens (including phenoxy) is 2. The molecule has 0 aromatic heterocycles. The summed E-state index contributed by atoms with van der Waals surface area (Å²) in [5.41, 5.74) is 1.06. The maximum absolute atomic E-state index is 11.7. The van der Waals surface area contributed by atoms with Crippen LogP contribution in [0.2, 0.25) is 0 Å². The van der Waals surface area contributed by atoms with Gasteiger partial charge in [-0.15, -0.1) is 0 Å². The molecule has 1 fully saturated rings. The van der Waals surface area contributed by atoms with Gasteiger partial charge in [-0.3, -0.25) is 9.59 Å². The number of benzene rings is 2. The monoisotopic (exact) mass is 336 g/mol. The summed E-state index contributed by atoms with van der Waals surface area (Å²) in [5, 5.41) is 0. The summed E-state index contributed by atoms with van der Waals surface area (Å²) < 4.78 is 11.1. The summed E-state index contributed by atoms with van der Waals surface area (Å²) in [4.78, 5) is 23.2. The Bertz CT molecular complexity index is 795. The summed E-state index contributed by atoms with van der Waals surface area (Å²) in [6.07, 6.45) is 2.42. The van der Waals surface area contributed by atoms with Gasteiger partial charge in [0.15, 0.2) is 0 Å². The number of hydrogen-bond acceptors (Lipinski definition) is 4. The summed E-state index contributed by atoms with van der Waals surface area (Å²) in [7, 11) is 0. The molecule has 2 aromatic rings. The number of hydrogen-bond donors (Lipinski definition) is 0. The summed E-state index contributed by atoms with van der Waals surface area (Å²) >= 11 is 0. The van der Waals surface area contributed by atoms with Crippen LogP contribution in [0.25, 0.3) is 6.08 Å². The van der Waals surface area contributed by atoms with Crippen molar-refractivity contribution < 1.29 is 19.1 Å². The van der Waals surface area contributed by atoms with Gasteiger partial charge in [0.05, 0.1) is 5.92 Å². The van der Waals surface area contributed by atoms with E-state index in [1.807, 2.05) is 66.7 Å². The van der Waals surface area contributed by atoms with Crippen LogP contribution in [-0.4, -0.2) is 11.9 Å². The van der Waals surface area contributed by atoms with Gasteiger partial charge in [0.25, 0.3) is 0 Å². The van der Waals surface area contributed by atoms with Crippen LogP contribution in [0.15, 0.2) is 66.4 Å². The van der Waals surface area contributed by atoms with E-state index in [2.05, 4.69) is 0 Å². The van der Waals surface area contributed by atoms with Crippen molar-refractivity contribution >= 4 is 18.0 Å². The first kappa shape index (κ1) is 17.0. The molecule has 0 bridgehead atoms. The first-order valence-electron chi connectivity index (χ1n) is 8.21. The van der Waals surface area contributed by atoms with E-state index in [1.54, 1.807) is 0 Å². The molecule has 2 aromatic carbocycles. The molecule has 0 saturated heterocycles. The molecule has 2 atom stereocenters. The lowest BCUT2D eigenvalue weighted by atomic mass is 10.0. The van der Waals surface area contributed by atoms with Crippen LogP contribution in [-0.2, 0) is 24.7 Å². The van der Waals surface area contributed by atoms with Gasteiger partial charge in [0.2, 0.25) is 0 Å². The Kier molecular flexibility index (Phi) is 4.70. The second-order valence-electron chi connectivity index (χ2n) is 6.16. The number of carbonyl (C=O) groups excluding carboxylic acids is 2. The van der Waals surface area contributed by atoms with E-state index in [9.17, 15) is 9.59 Å². The van der Waals surface area contributed by atoms with Crippen molar-refractivity contribution in [3.63, 3.8) is 0 Å². The fourth-order valence-corrected chi connectivity index (χ4v) is 3.12. The molecule has 1 saturated carbocycles. The van der Waals surface area contributed by atoms with Gasteiger partial charge in [0, 0.05) is 20.3 Å². The van der Waals surface area contributed by atoms with Crippen LogP contribution in [0, 0.1) is 5.92 Å². The Morgan fingerprint density at radius 3 is 2.12 bits per heavy atom. The molecule has 0 radical (unpaired) electrons. The first-order chi connectivity index (χ1) is 12.0. The molecule has 128 valence electrons. The van der Waals surface area contributed by atoms with Crippen molar-refractivity contribution in [3.8, 4) is 0 Å². The van der Waals surface area contributed by atoms with Crippen molar-refractivity contribution in [1.82, 2.24) is 0 Å². The van der Waals surface area contributed by atoms with Crippen LogP contribution < -0.4 is 0 Å². The van der Waals surface area contributed by atoms with Crippen molar-refractivity contribution in [2.75, 3.05) is 0 Å². The second-order valence-corrected chi connectivity index (χ2v) is 6.16. The van der Waals surface area contributed by atoms with Crippen LogP contribution in [0.3, 0.4) is 0 Å². The average Bonchev–Trinajstić information content (AvgIpc) is 3.30. The van der Waals surface area contributed by atoms with E-state index in [0.717, 1.165) is 11.1 Å². The average molecular weight is 336 g/mol. The van der Waals surface area contributed by atoms with E-state index >= 15 is 0 Å². The molecule has 4 nitrogen and oxygen atoms in total. The zero-order valence-electron chi connectivity index (χ0n) is 14.3. The van der Waals surface area contributed by atoms with Crippen LogP contribution in [0.1, 0.15) is 31.4 Å². The third-order valence-corrected chi connectivity index (χ3v) is 4.21. The van der Waals surface area contributed by atoms with Gasteiger partial charge in [-0.1, -0.05) is 60.7 Å². The molecule has 0 N–H and O–H groups in total. The molecule has 1 aliphatic rings. The van der Waals surface area contributed by atoms with Gasteiger partial charge >= 0.3 is 11.9 Å². The van der Waals surface area contributed by atoms with Gasteiger partial charge in [-0.05, 0) is 17.2 Å².